The van der Waals surface area contributed by atoms with E-state index in [1.165, 1.54) is 0 Å². The summed E-state index contributed by atoms with van der Waals surface area (Å²) in [5.41, 5.74) is 6.12. The molecule has 0 fully saturated rings. The fourth-order valence-electron chi connectivity index (χ4n) is 3.59. The quantitative estimate of drug-likeness (QED) is 0.458. The maximum absolute atomic E-state index is 12.4. The van der Waals surface area contributed by atoms with Gasteiger partial charge in [0.2, 0.25) is 5.91 Å². The number of benzene rings is 3. The van der Waals surface area contributed by atoms with Crippen LogP contribution in [0.5, 0.6) is 5.75 Å². The molecule has 2 amide bonds. The number of fused-ring (bicyclic) bond motifs is 2. The molecule has 0 aliphatic heterocycles. The first-order valence-corrected chi connectivity index (χ1v) is 10.3. The van der Waals surface area contributed by atoms with E-state index in [-0.39, 0.29) is 18.7 Å². The molecule has 2 N–H and O–H groups in total. The van der Waals surface area contributed by atoms with Gasteiger partial charge in [-0.15, -0.1) is 0 Å². The van der Waals surface area contributed by atoms with Crippen molar-refractivity contribution in [1.82, 2.24) is 20.0 Å². The zero-order chi connectivity index (χ0) is 22.7. The molecule has 0 saturated carbocycles. The first-order chi connectivity index (χ1) is 15.4. The van der Waals surface area contributed by atoms with Crippen molar-refractivity contribution in [2.75, 3.05) is 0 Å². The zero-order valence-electron chi connectivity index (χ0n) is 17.9. The minimum atomic E-state index is -0.808. The Bertz CT molecular complexity index is 1360. The molecule has 1 atom stereocenters. The van der Waals surface area contributed by atoms with Crippen LogP contribution in [0.1, 0.15) is 13.3 Å². The SMILES string of the molecule is CC(Oc1ccc2ccccc2c1)C(=O)NNC(=O)CCn1c(=O)n(C)c2ccccc21. The Labute approximate surface area is 184 Å². The number of hydrogen-bond acceptors (Lipinski definition) is 4. The highest BCUT2D eigenvalue weighted by Crippen LogP contribution is 2.21. The van der Waals surface area contributed by atoms with Crippen molar-refractivity contribution >= 4 is 33.6 Å². The van der Waals surface area contributed by atoms with Gasteiger partial charge in [-0.25, -0.2) is 4.79 Å². The van der Waals surface area contributed by atoms with E-state index in [1.807, 2.05) is 60.7 Å². The highest BCUT2D eigenvalue weighted by atomic mass is 16.5. The van der Waals surface area contributed by atoms with Crippen LogP contribution in [0, 0.1) is 0 Å². The van der Waals surface area contributed by atoms with Crippen molar-refractivity contribution in [2.24, 2.45) is 7.05 Å². The van der Waals surface area contributed by atoms with Crippen LogP contribution in [0.3, 0.4) is 0 Å². The van der Waals surface area contributed by atoms with Crippen molar-refractivity contribution < 1.29 is 14.3 Å². The predicted octanol–water partition coefficient (Wildman–Crippen LogP) is 2.50. The molecule has 0 aliphatic carbocycles. The number of rotatable bonds is 6. The number of nitrogens with one attached hydrogen (secondary N) is 2. The number of carbonyl (C=O) groups excluding carboxylic acids is 2. The molecule has 164 valence electrons. The van der Waals surface area contributed by atoms with Crippen molar-refractivity contribution in [2.45, 2.75) is 26.0 Å². The molecule has 8 heteroatoms. The van der Waals surface area contributed by atoms with Crippen LogP contribution in [-0.4, -0.2) is 27.1 Å². The number of para-hydroxylation sites is 2. The Morgan fingerprint density at radius 2 is 1.62 bits per heavy atom. The minimum Gasteiger partial charge on any atom is -0.481 e. The Morgan fingerprint density at radius 3 is 2.41 bits per heavy atom. The largest absolute Gasteiger partial charge is 0.481 e. The molecule has 0 spiro atoms. The smallest absolute Gasteiger partial charge is 0.328 e. The van der Waals surface area contributed by atoms with Gasteiger partial charge in [-0.2, -0.15) is 0 Å². The first kappa shape index (κ1) is 21.2. The fourth-order valence-corrected chi connectivity index (χ4v) is 3.59. The second-order valence-corrected chi connectivity index (χ2v) is 7.54. The molecule has 4 aromatic rings. The molecular weight excluding hydrogens is 408 g/mol. The number of carbonyl (C=O) groups is 2. The average molecular weight is 432 g/mol. The molecule has 0 radical (unpaired) electrons. The number of amides is 2. The molecular formula is C24H24N4O4. The van der Waals surface area contributed by atoms with E-state index in [2.05, 4.69) is 10.9 Å². The third-order valence-electron chi connectivity index (χ3n) is 5.34. The zero-order valence-corrected chi connectivity index (χ0v) is 17.9. The number of imidazole rings is 1. The number of aryl methyl sites for hydroxylation is 2. The maximum atomic E-state index is 12.4. The van der Waals surface area contributed by atoms with Crippen LogP contribution in [-0.2, 0) is 23.2 Å². The number of hydrazine groups is 1. The second kappa shape index (κ2) is 8.97. The summed E-state index contributed by atoms with van der Waals surface area (Å²) in [4.78, 5) is 36.9. The first-order valence-electron chi connectivity index (χ1n) is 10.3. The molecule has 0 aliphatic rings. The second-order valence-electron chi connectivity index (χ2n) is 7.54. The molecule has 32 heavy (non-hydrogen) atoms. The van der Waals surface area contributed by atoms with Crippen molar-refractivity contribution in [3.63, 3.8) is 0 Å². The van der Waals surface area contributed by atoms with Gasteiger partial charge in [0, 0.05) is 20.0 Å². The standard InChI is InChI=1S/C24H24N4O4/c1-16(32-19-12-11-17-7-3-4-8-18(17)15-19)23(30)26-25-22(29)13-14-28-21-10-6-5-9-20(21)27(2)24(28)31/h3-12,15-16H,13-14H2,1-2H3,(H,25,29)(H,26,30). The van der Waals surface area contributed by atoms with E-state index in [9.17, 15) is 14.4 Å². The summed E-state index contributed by atoms with van der Waals surface area (Å²) in [6.07, 6.45) is -0.772. The number of aromatic nitrogens is 2. The predicted molar refractivity (Wildman–Crippen MR) is 122 cm³/mol. The van der Waals surface area contributed by atoms with Crippen molar-refractivity contribution in [1.29, 1.82) is 0 Å². The van der Waals surface area contributed by atoms with Gasteiger partial charge < -0.3 is 4.74 Å². The van der Waals surface area contributed by atoms with Gasteiger partial charge in [0.15, 0.2) is 6.10 Å². The van der Waals surface area contributed by atoms with E-state index in [4.69, 9.17) is 4.74 Å². The Balaban J connectivity index is 1.30. The molecule has 1 unspecified atom stereocenters. The molecule has 0 saturated heterocycles. The van der Waals surface area contributed by atoms with Gasteiger partial charge in [0.1, 0.15) is 5.75 Å². The van der Waals surface area contributed by atoms with Gasteiger partial charge in [0.05, 0.1) is 11.0 Å². The van der Waals surface area contributed by atoms with E-state index < -0.39 is 17.9 Å². The fraction of sp³-hybridized carbons (Fsp3) is 0.208. The van der Waals surface area contributed by atoms with E-state index >= 15 is 0 Å². The normalized spacial score (nSPS) is 11.9. The molecule has 8 nitrogen and oxygen atoms in total. The number of nitrogens with zero attached hydrogens (tertiary/aromatic N) is 2. The van der Waals surface area contributed by atoms with Crippen LogP contribution in [0.4, 0.5) is 0 Å². The summed E-state index contributed by atoms with van der Waals surface area (Å²) in [6, 6.07) is 20.8. The lowest BCUT2D eigenvalue weighted by atomic mass is 10.1. The molecule has 1 aromatic heterocycles. The van der Waals surface area contributed by atoms with Crippen LogP contribution in [0.15, 0.2) is 71.5 Å². The average Bonchev–Trinajstić information content (AvgIpc) is 3.05. The van der Waals surface area contributed by atoms with Crippen LogP contribution < -0.4 is 21.3 Å². The van der Waals surface area contributed by atoms with Gasteiger partial charge in [-0.3, -0.25) is 29.6 Å². The van der Waals surface area contributed by atoms with E-state index in [1.54, 1.807) is 29.2 Å². The number of hydrogen-bond donors (Lipinski definition) is 2. The summed E-state index contributed by atoms with van der Waals surface area (Å²) in [7, 11) is 1.69. The number of ether oxygens (including phenoxy) is 1. The van der Waals surface area contributed by atoms with Gasteiger partial charge in [-0.1, -0.05) is 42.5 Å². The summed E-state index contributed by atoms with van der Waals surface area (Å²) >= 11 is 0. The Hall–Kier alpha value is -4.07. The topological polar surface area (TPSA) is 94.4 Å². The van der Waals surface area contributed by atoms with Crippen LogP contribution >= 0.6 is 0 Å². The van der Waals surface area contributed by atoms with Crippen LogP contribution in [0.2, 0.25) is 0 Å². The highest BCUT2D eigenvalue weighted by Gasteiger charge is 2.16. The van der Waals surface area contributed by atoms with Crippen LogP contribution in [0.25, 0.3) is 21.8 Å². The summed E-state index contributed by atoms with van der Waals surface area (Å²) < 4.78 is 8.79. The molecule has 0 bridgehead atoms. The Kier molecular flexibility index (Phi) is 5.93. The maximum Gasteiger partial charge on any atom is 0.328 e. The summed E-state index contributed by atoms with van der Waals surface area (Å²) in [5, 5.41) is 2.09. The van der Waals surface area contributed by atoms with Gasteiger partial charge in [-0.05, 0) is 42.0 Å². The van der Waals surface area contributed by atoms with Gasteiger partial charge >= 0.3 is 5.69 Å². The minimum absolute atomic E-state index is 0.0358. The Morgan fingerprint density at radius 1 is 0.938 bits per heavy atom. The lowest BCUT2D eigenvalue weighted by molar-refractivity contribution is -0.132. The third kappa shape index (κ3) is 4.34. The third-order valence-corrected chi connectivity index (χ3v) is 5.34. The lowest BCUT2D eigenvalue weighted by Gasteiger charge is -2.15. The van der Waals surface area contributed by atoms with Crippen molar-refractivity contribution in [3.05, 3.63) is 77.2 Å². The summed E-state index contributed by atoms with van der Waals surface area (Å²) in [5.74, 6) is -0.321. The highest BCUT2D eigenvalue weighted by molar-refractivity contribution is 5.86. The van der Waals surface area contributed by atoms with E-state index in [0.29, 0.717) is 5.75 Å². The molecule has 3 aromatic carbocycles. The summed E-state index contributed by atoms with van der Waals surface area (Å²) in [6.45, 7) is 1.80. The van der Waals surface area contributed by atoms with E-state index in [0.717, 1.165) is 21.8 Å². The van der Waals surface area contributed by atoms with Gasteiger partial charge in [0.25, 0.3) is 5.91 Å². The van der Waals surface area contributed by atoms with Crippen molar-refractivity contribution in [3.8, 4) is 5.75 Å². The molecule has 1 heterocycles. The monoisotopic (exact) mass is 432 g/mol. The molecule has 4 rings (SSSR count). The lowest BCUT2D eigenvalue weighted by Crippen LogP contribution is -2.47.